The van der Waals surface area contributed by atoms with Gasteiger partial charge in [0, 0.05) is 25.2 Å². The van der Waals surface area contributed by atoms with Crippen LogP contribution in [0.15, 0.2) is 29.4 Å². The molecule has 1 aliphatic rings. The van der Waals surface area contributed by atoms with Gasteiger partial charge in [0.1, 0.15) is 0 Å². The monoisotopic (exact) mass is 372 g/mol. The molecule has 0 aliphatic carbocycles. The Labute approximate surface area is 160 Å². The van der Waals surface area contributed by atoms with Gasteiger partial charge < -0.3 is 9.47 Å². The van der Waals surface area contributed by atoms with Gasteiger partial charge in [0.15, 0.2) is 11.0 Å². The zero-order chi connectivity index (χ0) is 18.7. The third-order valence-corrected chi connectivity index (χ3v) is 5.92. The van der Waals surface area contributed by atoms with Crippen LogP contribution in [0.3, 0.4) is 0 Å². The van der Waals surface area contributed by atoms with Gasteiger partial charge in [-0.2, -0.15) is 0 Å². The lowest BCUT2D eigenvalue weighted by Crippen LogP contribution is -2.43. The quantitative estimate of drug-likeness (QED) is 0.748. The lowest BCUT2D eigenvalue weighted by Gasteiger charge is -2.34. The SMILES string of the molecule is CCn1c(SCC(=O)N2CC(C)CC(C)C2)nnc1-c1ccccc1C. The number of carbonyl (C=O) groups is 1. The van der Waals surface area contributed by atoms with Crippen LogP contribution in [0.5, 0.6) is 0 Å². The summed E-state index contributed by atoms with van der Waals surface area (Å²) in [5.74, 6) is 2.67. The minimum absolute atomic E-state index is 0.205. The number of thioether (sulfide) groups is 1. The highest BCUT2D eigenvalue weighted by atomic mass is 32.2. The van der Waals surface area contributed by atoms with E-state index >= 15 is 0 Å². The van der Waals surface area contributed by atoms with Crippen molar-refractivity contribution >= 4 is 17.7 Å². The van der Waals surface area contributed by atoms with Crippen LogP contribution in [0.25, 0.3) is 11.4 Å². The van der Waals surface area contributed by atoms with E-state index in [2.05, 4.69) is 54.6 Å². The molecule has 2 unspecified atom stereocenters. The summed E-state index contributed by atoms with van der Waals surface area (Å²) >= 11 is 1.50. The van der Waals surface area contributed by atoms with Crippen molar-refractivity contribution in [3.8, 4) is 11.4 Å². The van der Waals surface area contributed by atoms with Crippen molar-refractivity contribution in [2.45, 2.75) is 45.8 Å². The number of hydrogen-bond donors (Lipinski definition) is 0. The average Bonchev–Trinajstić information content (AvgIpc) is 3.01. The Bertz CT molecular complexity index is 763. The van der Waals surface area contributed by atoms with Crippen LogP contribution in [0.4, 0.5) is 0 Å². The van der Waals surface area contributed by atoms with Gasteiger partial charge in [-0.3, -0.25) is 4.79 Å². The van der Waals surface area contributed by atoms with Gasteiger partial charge in [0.25, 0.3) is 0 Å². The Hall–Kier alpha value is -1.82. The highest BCUT2D eigenvalue weighted by Gasteiger charge is 2.26. The molecular formula is C20H28N4OS. The first-order valence-corrected chi connectivity index (χ1v) is 10.4. The lowest BCUT2D eigenvalue weighted by atomic mass is 9.92. The van der Waals surface area contributed by atoms with Crippen molar-refractivity contribution in [1.29, 1.82) is 0 Å². The van der Waals surface area contributed by atoms with E-state index in [9.17, 15) is 4.79 Å². The van der Waals surface area contributed by atoms with Crippen LogP contribution in [0, 0.1) is 18.8 Å². The molecule has 1 saturated heterocycles. The summed E-state index contributed by atoms with van der Waals surface area (Å²) in [5, 5.41) is 9.57. The predicted molar refractivity (Wildman–Crippen MR) is 106 cm³/mol. The molecule has 2 heterocycles. The van der Waals surface area contributed by atoms with Crippen LogP contribution in [-0.2, 0) is 11.3 Å². The van der Waals surface area contributed by atoms with E-state index in [1.165, 1.54) is 23.7 Å². The summed E-state index contributed by atoms with van der Waals surface area (Å²) in [6.45, 7) is 11.2. The molecule has 0 radical (unpaired) electrons. The minimum Gasteiger partial charge on any atom is -0.341 e. The molecule has 0 saturated carbocycles. The Kier molecular flexibility index (Phi) is 6.01. The normalized spacial score (nSPS) is 20.4. The zero-order valence-electron chi connectivity index (χ0n) is 16.1. The molecule has 0 bridgehead atoms. The molecule has 0 N–H and O–H groups in total. The third kappa shape index (κ3) is 4.11. The van der Waals surface area contributed by atoms with E-state index in [0.29, 0.717) is 17.6 Å². The molecular weight excluding hydrogens is 344 g/mol. The largest absolute Gasteiger partial charge is 0.341 e. The molecule has 1 fully saturated rings. The van der Waals surface area contributed by atoms with Gasteiger partial charge in [-0.05, 0) is 37.7 Å². The van der Waals surface area contributed by atoms with Crippen molar-refractivity contribution in [1.82, 2.24) is 19.7 Å². The van der Waals surface area contributed by atoms with Crippen molar-refractivity contribution in [3.63, 3.8) is 0 Å². The van der Waals surface area contributed by atoms with Gasteiger partial charge in [-0.15, -0.1) is 10.2 Å². The molecule has 1 aliphatic heterocycles. The van der Waals surface area contributed by atoms with E-state index in [1.54, 1.807) is 0 Å². The average molecular weight is 373 g/mol. The highest BCUT2D eigenvalue weighted by Crippen LogP contribution is 2.27. The van der Waals surface area contributed by atoms with Crippen LogP contribution in [0.1, 0.15) is 32.8 Å². The number of likely N-dealkylation sites (tertiary alicyclic amines) is 1. The topological polar surface area (TPSA) is 51.0 Å². The summed E-state index contributed by atoms with van der Waals surface area (Å²) < 4.78 is 2.10. The summed E-state index contributed by atoms with van der Waals surface area (Å²) in [4.78, 5) is 14.7. The molecule has 1 aromatic heterocycles. The number of carbonyl (C=O) groups excluding carboxylic acids is 1. The van der Waals surface area contributed by atoms with Gasteiger partial charge >= 0.3 is 0 Å². The molecule has 2 atom stereocenters. The number of aromatic nitrogens is 3. The first-order chi connectivity index (χ1) is 12.5. The minimum atomic E-state index is 0.205. The van der Waals surface area contributed by atoms with E-state index in [1.807, 2.05) is 17.0 Å². The summed E-state index contributed by atoms with van der Waals surface area (Å²) in [7, 11) is 0. The number of rotatable bonds is 5. The molecule has 0 spiro atoms. The Morgan fingerprint density at radius 2 is 1.88 bits per heavy atom. The lowest BCUT2D eigenvalue weighted by molar-refractivity contribution is -0.130. The van der Waals surface area contributed by atoms with E-state index < -0.39 is 0 Å². The standard InChI is InChI=1S/C20H28N4OS/c1-5-24-19(17-9-7-6-8-16(17)4)21-22-20(24)26-13-18(25)23-11-14(2)10-15(3)12-23/h6-9,14-15H,5,10-13H2,1-4H3. The Morgan fingerprint density at radius 3 is 2.54 bits per heavy atom. The fourth-order valence-electron chi connectivity index (χ4n) is 3.79. The second kappa shape index (κ2) is 8.25. The molecule has 5 nitrogen and oxygen atoms in total. The van der Waals surface area contributed by atoms with E-state index in [0.717, 1.165) is 36.2 Å². The smallest absolute Gasteiger partial charge is 0.233 e. The van der Waals surface area contributed by atoms with Crippen LogP contribution < -0.4 is 0 Å². The van der Waals surface area contributed by atoms with Crippen molar-refractivity contribution < 1.29 is 4.79 Å². The fraction of sp³-hybridized carbons (Fsp3) is 0.550. The molecule has 1 amide bonds. The number of benzene rings is 1. The zero-order valence-corrected chi connectivity index (χ0v) is 16.9. The first-order valence-electron chi connectivity index (χ1n) is 9.39. The summed E-state index contributed by atoms with van der Waals surface area (Å²) in [6.07, 6.45) is 1.21. The van der Waals surface area contributed by atoms with Gasteiger partial charge in [-0.1, -0.05) is 49.9 Å². The number of hydrogen-bond acceptors (Lipinski definition) is 4. The van der Waals surface area contributed by atoms with Gasteiger partial charge in [0.2, 0.25) is 5.91 Å². The highest BCUT2D eigenvalue weighted by molar-refractivity contribution is 7.99. The maximum Gasteiger partial charge on any atom is 0.233 e. The summed E-state index contributed by atoms with van der Waals surface area (Å²) in [5.41, 5.74) is 2.28. The van der Waals surface area contributed by atoms with Gasteiger partial charge in [0.05, 0.1) is 5.75 Å². The number of piperidine rings is 1. The number of aryl methyl sites for hydroxylation is 1. The van der Waals surface area contributed by atoms with Crippen LogP contribution in [-0.4, -0.2) is 44.4 Å². The molecule has 2 aromatic rings. The fourth-order valence-corrected chi connectivity index (χ4v) is 4.69. The van der Waals surface area contributed by atoms with E-state index in [-0.39, 0.29) is 5.91 Å². The van der Waals surface area contributed by atoms with Crippen LogP contribution >= 0.6 is 11.8 Å². The molecule has 26 heavy (non-hydrogen) atoms. The Balaban J connectivity index is 1.71. The molecule has 1 aromatic carbocycles. The predicted octanol–water partition coefficient (Wildman–Crippen LogP) is 3.87. The molecule has 3 rings (SSSR count). The second-order valence-electron chi connectivity index (χ2n) is 7.40. The molecule has 140 valence electrons. The van der Waals surface area contributed by atoms with Crippen molar-refractivity contribution in [2.24, 2.45) is 11.8 Å². The summed E-state index contributed by atoms with van der Waals surface area (Å²) in [6, 6.07) is 8.20. The number of nitrogens with zero attached hydrogens (tertiary/aromatic N) is 4. The maximum absolute atomic E-state index is 12.6. The Morgan fingerprint density at radius 1 is 1.19 bits per heavy atom. The van der Waals surface area contributed by atoms with Crippen molar-refractivity contribution in [3.05, 3.63) is 29.8 Å². The van der Waals surface area contributed by atoms with Crippen molar-refractivity contribution in [2.75, 3.05) is 18.8 Å². The third-order valence-electron chi connectivity index (χ3n) is 4.97. The van der Waals surface area contributed by atoms with Crippen LogP contribution in [0.2, 0.25) is 0 Å². The number of amides is 1. The maximum atomic E-state index is 12.6. The van der Waals surface area contributed by atoms with E-state index in [4.69, 9.17) is 0 Å². The molecule has 6 heteroatoms. The second-order valence-corrected chi connectivity index (χ2v) is 8.34. The first kappa shape index (κ1) is 19.0. The van der Waals surface area contributed by atoms with Gasteiger partial charge in [-0.25, -0.2) is 0 Å².